The first kappa shape index (κ1) is 12.2. The molecule has 2 aromatic rings. The van der Waals surface area contributed by atoms with Crippen molar-refractivity contribution in [1.29, 1.82) is 0 Å². The first-order valence-corrected chi connectivity index (χ1v) is 7.50. The highest BCUT2D eigenvalue weighted by Crippen LogP contribution is 2.44. The molecule has 17 heavy (non-hydrogen) atoms. The monoisotopic (exact) mass is 250 g/mol. The first-order chi connectivity index (χ1) is 8.11. The molecule has 0 heterocycles. The standard InChI is InChI=1S/C13H15O3P/c1-3-15-17(2,14)16-13-9-8-11-6-4-5-7-12(11)10-13/h4-10H,3H2,1-2H3. The van der Waals surface area contributed by atoms with E-state index in [1.54, 1.807) is 13.0 Å². The molecule has 0 saturated carbocycles. The molecule has 0 fully saturated rings. The molecule has 0 aromatic heterocycles. The Morgan fingerprint density at radius 3 is 2.53 bits per heavy atom. The Balaban J connectivity index is 2.28. The fourth-order valence-electron chi connectivity index (χ4n) is 1.68. The minimum Gasteiger partial charge on any atom is -0.425 e. The van der Waals surface area contributed by atoms with Gasteiger partial charge in [0.25, 0.3) is 0 Å². The average Bonchev–Trinajstić information content (AvgIpc) is 2.28. The summed E-state index contributed by atoms with van der Waals surface area (Å²) in [5.74, 6) is 0.572. The summed E-state index contributed by atoms with van der Waals surface area (Å²) in [4.78, 5) is 0. The zero-order chi connectivity index (χ0) is 12.3. The van der Waals surface area contributed by atoms with Crippen molar-refractivity contribution in [2.24, 2.45) is 0 Å². The molecule has 4 heteroatoms. The molecule has 0 spiro atoms. The lowest BCUT2D eigenvalue weighted by molar-refractivity contribution is 0.285. The largest absolute Gasteiger partial charge is 0.425 e. The van der Waals surface area contributed by atoms with Crippen LogP contribution in [0.4, 0.5) is 0 Å². The van der Waals surface area contributed by atoms with Crippen LogP contribution >= 0.6 is 7.60 Å². The predicted molar refractivity (Wildman–Crippen MR) is 69.7 cm³/mol. The van der Waals surface area contributed by atoms with E-state index in [4.69, 9.17) is 9.05 Å². The Hall–Kier alpha value is -1.31. The van der Waals surface area contributed by atoms with Crippen LogP contribution in [0.25, 0.3) is 10.8 Å². The minimum absolute atomic E-state index is 0.376. The Morgan fingerprint density at radius 2 is 1.82 bits per heavy atom. The molecule has 0 radical (unpaired) electrons. The molecule has 2 rings (SSSR count). The van der Waals surface area contributed by atoms with Crippen molar-refractivity contribution in [2.75, 3.05) is 13.3 Å². The minimum atomic E-state index is -2.99. The van der Waals surface area contributed by atoms with Crippen LogP contribution in [0, 0.1) is 0 Å². The van der Waals surface area contributed by atoms with Gasteiger partial charge in [-0.2, -0.15) is 0 Å². The molecule has 0 aliphatic heterocycles. The van der Waals surface area contributed by atoms with Crippen LogP contribution in [0.1, 0.15) is 6.92 Å². The maximum absolute atomic E-state index is 11.9. The predicted octanol–water partition coefficient (Wildman–Crippen LogP) is 4.08. The summed E-state index contributed by atoms with van der Waals surface area (Å²) in [5.41, 5.74) is 0. The summed E-state index contributed by atoms with van der Waals surface area (Å²) >= 11 is 0. The molecule has 0 N–H and O–H groups in total. The van der Waals surface area contributed by atoms with Crippen molar-refractivity contribution >= 4 is 18.4 Å². The fourth-order valence-corrected chi connectivity index (χ4v) is 2.69. The van der Waals surface area contributed by atoms with Crippen LogP contribution in [0.2, 0.25) is 0 Å². The zero-order valence-corrected chi connectivity index (χ0v) is 10.8. The maximum atomic E-state index is 11.9. The summed E-state index contributed by atoms with van der Waals surface area (Å²) in [6, 6.07) is 13.6. The molecule has 0 aliphatic rings. The van der Waals surface area contributed by atoms with Crippen LogP contribution in [-0.4, -0.2) is 13.3 Å². The quantitative estimate of drug-likeness (QED) is 0.767. The second-order valence-corrected chi connectivity index (χ2v) is 5.77. The van der Waals surface area contributed by atoms with Gasteiger partial charge in [-0.05, 0) is 29.8 Å². The molecule has 0 bridgehead atoms. The number of rotatable bonds is 4. The van der Waals surface area contributed by atoms with Crippen molar-refractivity contribution in [3.63, 3.8) is 0 Å². The summed E-state index contributed by atoms with van der Waals surface area (Å²) in [6.45, 7) is 3.65. The maximum Gasteiger partial charge on any atom is 0.376 e. The Bertz CT molecular complexity index is 565. The van der Waals surface area contributed by atoms with Crippen molar-refractivity contribution in [2.45, 2.75) is 6.92 Å². The van der Waals surface area contributed by atoms with Crippen molar-refractivity contribution in [3.8, 4) is 5.75 Å². The molecule has 0 saturated heterocycles. The second kappa shape index (κ2) is 4.91. The van der Waals surface area contributed by atoms with Gasteiger partial charge in [0.2, 0.25) is 0 Å². The Labute approximate surface area is 101 Å². The van der Waals surface area contributed by atoms with E-state index in [1.807, 2.05) is 36.4 Å². The molecule has 0 amide bonds. The van der Waals surface area contributed by atoms with Gasteiger partial charge in [0, 0.05) is 6.66 Å². The third kappa shape index (κ3) is 3.09. The lowest BCUT2D eigenvalue weighted by Gasteiger charge is -2.14. The van der Waals surface area contributed by atoms with Gasteiger partial charge in [0.05, 0.1) is 6.61 Å². The lowest BCUT2D eigenvalue weighted by atomic mass is 10.1. The fraction of sp³-hybridized carbons (Fsp3) is 0.231. The van der Waals surface area contributed by atoms with Gasteiger partial charge in [0.15, 0.2) is 0 Å². The number of fused-ring (bicyclic) bond motifs is 1. The Morgan fingerprint density at radius 1 is 1.12 bits per heavy atom. The summed E-state index contributed by atoms with van der Waals surface area (Å²) in [6.07, 6.45) is 0. The average molecular weight is 250 g/mol. The molecule has 90 valence electrons. The third-order valence-corrected chi connectivity index (χ3v) is 3.63. The molecule has 2 aromatic carbocycles. The highest BCUT2D eigenvalue weighted by Gasteiger charge is 2.17. The highest BCUT2D eigenvalue weighted by atomic mass is 31.2. The number of benzene rings is 2. The van der Waals surface area contributed by atoms with Gasteiger partial charge in [-0.3, -0.25) is 0 Å². The van der Waals surface area contributed by atoms with E-state index in [2.05, 4.69) is 0 Å². The molecular formula is C13H15O3P. The van der Waals surface area contributed by atoms with Crippen LogP contribution in [-0.2, 0) is 9.09 Å². The van der Waals surface area contributed by atoms with E-state index in [1.165, 1.54) is 6.66 Å². The smallest absolute Gasteiger partial charge is 0.376 e. The van der Waals surface area contributed by atoms with Crippen LogP contribution in [0.15, 0.2) is 42.5 Å². The number of hydrogen-bond acceptors (Lipinski definition) is 3. The lowest BCUT2D eigenvalue weighted by Crippen LogP contribution is -1.96. The topological polar surface area (TPSA) is 35.5 Å². The normalized spacial score (nSPS) is 14.5. The van der Waals surface area contributed by atoms with Crippen LogP contribution < -0.4 is 4.52 Å². The molecule has 0 aliphatic carbocycles. The van der Waals surface area contributed by atoms with Crippen molar-refractivity contribution in [1.82, 2.24) is 0 Å². The Kier molecular flexibility index (Phi) is 3.51. The van der Waals surface area contributed by atoms with Crippen molar-refractivity contribution in [3.05, 3.63) is 42.5 Å². The van der Waals surface area contributed by atoms with E-state index < -0.39 is 7.60 Å². The van der Waals surface area contributed by atoms with Gasteiger partial charge in [0.1, 0.15) is 5.75 Å². The zero-order valence-electron chi connectivity index (χ0n) is 9.92. The van der Waals surface area contributed by atoms with Gasteiger partial charge < -0.3 is 9.05 Å². The summed E-state index contributed by atoms with van der Waals surface area (Å²) < 4.78 is 22.3. The third-order valence-electron chi connectivity index (χ3n) is 2.36. The number of hydrogen-bond donors (Lipinski definition) is 0. The summed E-state index contributed by atoms with van der Waals surface area (Å²) in [5, 5.41) is 2.18. The molecular weight excluding hydrogens is 235 g/mol. The van der Waals surface area contributed by atoms with E-state index in [0.29, 0.717) is 12.4 Å². The van der Waals surface area contributed by atoms with E-state index in [9.17, 15) is 4.57 Å². The van der Waals surface area contributed by atoms with E-state index in [-0.39, 0.29) is 0 Å². The van der Waals surface area contributed by atoms with E-state index in [0.717, 1.165) is 10.8 Å². The van der Waals surface area contributed by atoms with Gasteiger partial charge >= 0.3 is 7.60 Å². The van der Waals surface area contributed by atoms with Gasteiger partial charge in [-0.25, -0.2) is 4.57 Å². The van der Waals surface area contributed by atoms with Crippen LogP contribution in [0.3, 0.4) is 0 Å². The second-order valence-electron chi connectivity index (χ2n) is 3.79. The van der Waals surface area contributed by atoms with E-state index >= 15 is 0 Å². The van der Waals surface area contributed by atoms with Gasteiger partial charge in [-0.15, -0.1) is 0 Å². The molecule has 3 nitrogen and oxygen atoms in total. The SMILES string of the molecule is CCOP(C)(=O)Oc1ccc2ccccc2c1. The first-order valence-electron chi connectivity index (χ1n) is 5.51. The highest BCUT2D eigenvalue weighted by molar-refractivity contribution is 7.53. The molecule has 1 atom stereocenters. The van der Waals surface area contributed by atoms with Crippen LogP contribution in [0.5, 0.6) is 5.75 Å². The summed E-state index contributed by atoms with van der Waals surface area (Å²) in [7, 11) is -2.99. The van der Waals surface area contributed by atoms with Gasteiger partial charge in [-0.1, -0.05) is 30.3 Å². The van der Waals surface area contributed by atoms with Crippen molar-refractivity contribution < 1.29 is 13.6 Å². The molecule has 1 unspecified atom stereocenters.